The topological polar surface area (TPSA) is 94.6 Å². The molecule has 0 radical (unpaired) electrons. The number of amides is 1. The monoisotopic (exact) mass is 345 g/mol. The third-order valence-corrected chi connectivity index (χ3v) is 4.77. The van der Waals surface area contributed by atoms with Gasteiger partial charge in [-0.15, -0.1) is 0 Å². The molecule has 6 heteroatoms. The van der Waals surface area contributed by atoms with Crippen LogP contribution in [0.2, 0.25) is 0 Å². The highest BCUT2D eigenvalue weighted by atomic mass is 16.2. The Morgan fingerprint density at radius 2 is 2.36 bits per heavy atom. The Bertz CT molecular complexity index is 558. The van der Waals surface area contributed by atoms with E-state index in [4.69, 9.17) is 11.1 Å². The summed E-state index contributed by atoms with van der Waals surface area (Å²) in [6.45, 7) is 5.16. The van der Waals surface area contributed by atoms with Gasteiger partial charge < -0.3 is 21.4 Å². The first-order valence-corrected chi connectivity index (χ1v) is 9.32. The van der Waals surface area contributed by atoms with Gasteiger partial charge in [0.05, 0.1) is 0 Å². The summed E-state index contributed by atoms with van der Waals surface area (Å²) in [5.41, 5.74) is 8.16. The van der Waals surface area contributed by atoms with Gasteiger partial charge in [0, 0.05) is 61.7 Å². The van der Waals surface area contributed by atoms with E-state index in [0.29, 0.717) is 44.0 Å². The third-order valence-electron chi connectivity index (χ3n) is 4.77. The fraction of sp³-hybridized carbons (Fsp3) is 0.632. The molecule has 0 saturated carbocycles. The van der Waals surface area contributed by atoms with E-state index in [9.17, 15) is 4.79 Å². The molecule has 2 aliphatic rings. The summed E-state index contributed by atoms with van der Waals surface area (Å²) < 4.78 is 0. The average molecular weight is 345 g/mol. The number of hydrogen-bond acceptors (Lipinski definition) is 5. The van der Waals surface area contributed by atoms with Crippen LogP contribution in [0.5, 0.6) is 0 Å². The van der Waals surface area contributed by atoms with Crippen molar-refractivity contribution in [2.45, 2.75) is 45.4 Å². The van der Waals surface area contributed by atoms with Crippen LogP contribution in [0.25, 0.3) is 0 Å². The second-order valence-corrected chi connectivity index (χ2v) is 6.79. The van der Waals surface area contributed by atoms with Gasteiger partial charge in [0.15, 0.2) is 0 Å². The van der Waals surface area contributed by atoms with Crippen molar-refractivity contribution in [3.63, 3.8) is 0 Å². The van der Waals surface area contributed by atoms with Crippen LogP contribution in [-0.2, 0) is 4.79 Å². The Morgan fingerprint density at radius 1 is 1.52 bits per heavy atom. The number of hydrogen-bond donors (Lipinski definition) is 3. The van der Waals surface area contributed by atoms with Gasteiger partial charge in [-0.05, 0) is 38.3 Å². The highest BCUT2D eigenvalue weighted by molar-refractivity contribution is 6.00. The highest BCUT2D eigenvalue weighted by Crippen LogP contribution is 2.20. The first kappa shape index (κ1) is 19.4. The fourth-order valence-electron chi connectivity index (χ4n) is 3.28. The number of carbonyl (C=O) groups is 1. The predicted octanol–water partition coefficient (Wildman–Crippen LogP) is 2.23. The molecule has 2 aliphatic heterocycles. The summed E-state index contributed by atoms with van der Waals surface area (Å²) in [6.07, 6.45) is 10.3. The van der Waals surface area contributed by atoms with Crippen molar-refractivity contribution in [1.82, 2.24) is 10.2 Å². The number of carbonyl (C=O) groups excluding carboxylic acids is 1. The lowest BCUT2D eigenvalue weighted by molar-refractivity contribution is -0.132. The lowest BCUT2D eigenvalue weighted by Gasteiger charge is -2.32. The Kier molecular flexibility index (Phi) is 7.85. The minimum atomic E-state index is 0.189. The van der Waals surface area contributed by atoms with Crippen LogP contribution in [-0.4, -0.2) is 48.9 Å². The summed E-state index contributed by atoms with van der Waals surface area (Å²) in [7, 11) is 0. The maximum absolute atomic E-state index is 12.6. The fourth-order valence-corrected chi connectivity index (χ4v) is 3.28. The standard InChI is InChI=1S/C19H31N5O/c1-2-8-22-9-4-6-17(20)16-14-24(11-7-18(16)21)19(25)12-15-5-3-10-23-13-15/h4,8-9,15,20,23H,2-3,5-7,10-14,21H2,1H3/b9-4-,20-17?,22-8?. The number of nitrogens with one attached hydrogen (secondary N) is 2. The zero-order valence-corrected chi connectivity index (χ0v) is 15.3. The number of aliphatic imine (C=N–C) groups is 1. The van der Waals surface area contributed by atoms with Crippen molar-refractivity contribution in [2.24, 2.45) is 16.6 Å². The van der Waals surface area contributed by atoms with E-state index >= 15 is 0 Å². The number of allylic oxidation sites excluding steroid dienone is 1. The summed E-state index contributed by atoms with van der Waals surface area (Å²) in [6, 6.07) is 0. The zero-order chi connectivity index (χ0) is 18.1. The second-order valence-electron chi connectivity index (χ2n) is 6.79. The second kappa shape index (κ2) is 10.1. The minimum Gasteiger partial charge on any atom is -0.402 e. The molecule has 2 rings (SSSR count). The van der Waals surface area contributed by atoms with Crippen LogP contribution in [0.3, 0.4) is 0 Å². The van der Waals surface area contributed by atoms with Gasteiger partial charge >= 0.3 is 0 Å². The van der Waals surface area contributed by atoms with Gasteiger partial charge in [0.2, 0.25) is 5.91 Å². The third kappa shape index (κ3) is 6.12. The van der Waals surface area contributed by atoms with Gasteiger partial charge in [0.1, 0.15) is 0 Å². The lowest BCUT2D eigenvalue weighted by atomic mass is 9.94. The van der Waals surface area contributed by atoms with E-state index in [1.165, 1.54) is 0 Å². The van der Waals surface area contributed by atoms with Crippen molar-refractivity contribution < 1.29 is 4.79 Å². The lowest BCUT2D eigenvalue weighted by Crippen LogP contribution is -2.42. The van der Waals surface area contributed by atoms with Crippen molar-refractivity contribution in [3.05, 3.63) is 23.5 Å². The molecule has 138 valence electrons. The Balaban J connectivity index is 1.88. The number of nitrogens with two attached hydrogens (primary N) is 1. The maximum atomic E-state index is 12.6. The molecule has 0 aliphatic carbocycles. The predicted molar refractivity (Wildman–Crippen MR) is 103 cm³/mol. The molecular weight excluding hydrogens is 314 g/mol. The molecule has 0 bridgehead atoms. The van der Waals surface area contributed by atoms with Crippen molar-refractivity contribution in [3.8, 4) is 0 Å². The molecule has 0 aromatic rings. The van der Waals surface area contributed by atoms with Crippen molar-refractivity contribution in [2.75, 3.05) is 26.2 Å². The van der Waals surface area contributed by atoms with Gasteiger partial charge in [0.25, 0.3) is 0 Å². The molecule has 1 amide bonds. The van der Waals surface area contributed by atoms with Crippen LogP contribution < -0.4 is 11.1 Å². The van der Waals surface area contributed by atoms with Gasteiger partial charge in [-0.25, -0.2) is 0 Å². The molecule has 25 heavy (non-hydrogen) atoms. The van der Waals surface area contributed by atoms with E-state index in [1.807, 2.05) is 24.1 Å². The molecule has 2 heterocycles. The van der Waals surface area contributed by atoms with Crippen LogP contribution in [0.1, 0.15) is 45.4 Å². The van der Waals surface area contributed by atoms with E-state index in [1.54, 1.807) is 6.20 Å². The maximum Gasteiger partial charge on any atom is 0.223 e. The van der Waals surface area contributed by atoms with Crippen LogP contribution in [0.4, 0.5) is 0 Å². The first-order chi connectivity index (χ1) is 12.1. The van der Waals surface area contributed by atoms with Crippen LogP contribution in [0, 0.1) is 11.3 Å². The molecule has 6 nitrogen and oxygen atoms in total. The highest BCUT2D eigenvalue weighted by Gasteiger charge is 2.26. The number of rotatable bonds is 7. The van der Waals surface area contributed by atoms with E-state index in [2.05, 4.69) is 10.3 Å². The summed E-state index contributed by atoms with van der Waals surface area (Å²) >= 11 is 0. The summed E-state index contributed by atoms with van der Waals surface area (Å²) in [5.74, 6) is 0.626. The zero-order valence-electron chi connectivity index (χ0n) is 15.3. The van der Waals surface area contributed by atoms with E-state index < -0.39 is 0 Å². The molecule has 0 spiro atoms. The van der Waals surface area contributed by atoms with Gasteiger partial charge in [-0.3, -0.25) is 9.79 Å². The van der Waals surface area contributed by atoms with Crippen LogP contribution in [0.15, 0.2) is 28.5 Å². The SMILES string of the molecule is CCC=N/C=C\CC(=N)C1=C(N)CCN(C(=O)CC2CCCNC2)C1. The Hall–Kier alpha value is -1.95. The van der Waals surface area contributed by atoms with E-state index in [0.717, 1.165) is 43.6 Å². The normalized spacial score (nSPS) is 22.1. The Morgan fingerprint density at radius 3 is 3.08 bits per heavy atom. The van der Waals surface area contributed by atoms with Gasteiger partial charge in [-0.1, -0.05) is 13.0 Å². The van der Waals surface area contributed by atoms with Crippen molar-refractivity contribution in [1.29, 1.82) is 5.41 Å². The average Bonchev–Trinajstić information content (AvgIpc) is 2.62. The molecule has 0 aromatic heterocycles. The smallest absolute Gasteiger partial charge is 0.223 e. The molecule has 1 fully saturated rings. The molecule has 1 saturated heterocycles. The Labute approximate surface area is 150 Å². The minimum absolute atomic E-state index is 0.189. The molecule has 0 aromatic carbocycles. The van der Waals surface area contributed by atoms with Crippen LogP contribution >= 0.6 is 0 Å². The quantitative estimate of drug-likeness (QED) is 0.618. The molecular formula is C19H31N5O. The van der Waals surface area contributed by atoms with Crippen molar-refractivity contribution >= 4 is 17.8 Å². The molecule has 1 atom stereocenters. The summed E-state index contributed by atoms with van der Waals surface area (Å²) in [4.78, 5) is 18.6. The number of piperidine rings is 1. The first-order valence-electron chi connectivity index (χ1n) is 9.32. The van der Waals surface area contributed by atoms with E-state index in [-0.39, 0.29) is 5.91 Å². The largest absolute Gasteiger partial charge is 0.402 e. The van der Waals surface area contributed by atoms with Gasteiger partial charge in [-0.2, -0.15) is 0 Å². The molecule has 1 unspecified atom stereocenters. The molecule has 4 N–H and O–H groups in total. The number of nitrogens with zero attached hydrogens (tertiary/aromatic N) is 2. The summed E-state index contributed by atoms with van der Waals surface area (Å²) in [5, 5.41) is 11.7.